The molecule has 0 spiro atoms. The second-order valence-electron chi connectivity index (χ2n) is 4.51. The van der Waals surface area contributed by atoms with Crippen molar-refractivity contribution in [2.45, 2.75) is 13.0 Å². The van der Waals surface area contributed by atoms with Gasteiger partial charge in [-0.1, -0.05) is 39.7 Å². The third kappa shape index (κ3) is 3.36. The zero-order valence-electron chi connectivity index (χ0n) is 10.9. The number of halogens is 2. The lowest BCUT2D eigenvalue weighted by atomic mass is 10.1. The molecule has 0 radical (unpaired) electrons. The fraction of sp³-hybridized carbons (Fsp3) is 0.133. The van der Waals surface area contributed by atoms with Crippen LogP contribution in [0.1, 0.15) is 17.2 Å². The van der Waals surface area contributed by atoms with Crippen LogP contribution in [0.4, 0.5) is 10.1 Å². The molecule has 2 aromatic rings. The average molecular weight is 337 g/mol. The maximum absolute atomic E-state index is 13.1. The minimum atomic E-state index is -0.729. The Morgan fingerprint density at radius 2 is 1.90 bits per heavy atom. The molecule has 104 valence electrons. The van der Waals surface area contributed by atoms with Gasteiger partial charge in [-0.05, 0) is 36.8 Å². The standard InChI is InChI=1S/C15H14BrFN2O/c1-9-2-5-11(6-3-9)19-14(15(18)20)12-7-4-10(17)8-13(12)16/h2-8,14,19H,1H3,(H2,18,20). The third-order valence-electron chi connectivity index (χ3n) is 2.92. The highest BCUT2D eigenvalue weighted by Crippen LogP contribution is 2.27. The highest BCUT2D eigenvalue weighted by molar-refractivity contribution is 9.10. The predicted octanol–water partition coefficient (Wildman–Crippen LogP) is 3.54. The number of nitrogens with one attached hydrogen (secondary N) is 1. The van der Waals surface area contributed by atoms with Crippen LogP contribution < -0.4 is 11.1 Å². The van der Waals surface area contributed by atoms with Gasteiger partial charge in [0.15, 0.2) is 0 Å². The van der Waals surface area contributed by atoms with Crippen molar-refractivity contribution in [1.29, 1.82) is 0 Å². The molecule has 0 aromatic heterocycles. The fourth-order valence-electron chi connectivity index (χ4n) is 1.85. The van der Waals surface area contributed by atoms with Crippen molar-refractivity contribution in [1.82, 2.24) is 0 Å². The van der Waals surface area contributed by atoms with E-state index in [1.165, 1.54) is 18.2 Å². The highest BCUT2D eigenvalue weighted by Gasteiger charge is 2.20. The second-order valence-corrected chi connectivity index (χ2v) is 5.37. The summed E-state index contributed by atoms with van der Waals surface area (Å²) in [5, 5.41) is 3.06. The minimum Gasteiger partial charge on any atom is -0.370 e. The molecule has 0 aliphatic heterocycles. The Hall–Kier alpha value is -1.88. The largest absolute Gasteiger partial charge is 0.370 e. The number of amides is 1. The summed E-state index contributed by atoms with van der Waals surface area (Å²) in [5.41, 5.74) is 7.93. The molecule has 3 N–H and O–H groups in total. The first kappa shape index (κ1) is 14.5. The van der Waals surface area contributed by atoms with E-state index in [-0.39, 0.29) is 5.82 Å². The second kappa shape index (κ2) is 6.05. The first-order valence-electron chi connectivity index (χ1n) is 6.05. The van der Waals surface area contributed by atoms with Crippen molar-refractivity contribution in [3.63, 3.8) is 0 Å². The SMILES string of the molecule is Cc1ccc(NC(C(N)=O)c2ccc(F)cc2Br)cc1. The van der Waals surface area contributed by atoms with Crippen LogP contribution in [0.3, 0.4) is 0 Å². The van der Waals surface area contributed by atoms with E-state index < -0.39 is 11.9 Å². The zero-order chi connectivity index (χ0) is 14.7. The summed E-state index contributed by atoms with van der Waals surface area (Å²) < 4.78 is 13.6. The Kier molecular flexibility index (Phi) is 4.39. The van der Waals surface area contributed by atoms with Crippen molar-refractivity contribution >= 4 is 27.5 Å². The number of aryl methyl sites for hydroxylation is 1. The van der Waals surface area contributed by atoms with Crippen LogP contribution in [0, 0.1) is 12.7 Å². The molecule has 1 unspecified atom stereocenters. The molecule has 20 heavy (non-hydrogen) atoms. The van der Waals surface area contributed by atoms with E-state index in [9.17, 15) is 9.18 Å². The number of carbonyl (C=O) groups is 1. The van der Waals surface area contributed by atoms with Crippen LogP contribution >= 0.6 is 15.9 Å². The van der Waals surface area contributed by atoms with Crippen LogP contribution in [-0.4, -0.2) is 5.91 Å². The average Bonchev–Trinajstić information content (AvgIpc) is 2.39. The van der Waals surface area contributed by atoms with Gasteiger partial charge < -0.3 is 11.1 Å². The van der Waals surface area contributed by atoms with E-state index in [0.717, 1.165) is 11.3 Å². The fourth-order valence-corrected chi connectivity index (χ4v) is 2.43. The van der Waals surface area contributed by atoms with Gasteiger partial charge in [-0.15, -0.1) is 0 Å². The van der Waals surface area contributed by atoms with Crippen molar-refractivity contribution < 1.29 is 9.18 Å². The summed E-state index contributed by atoms with van der Waals surface area (Å²) in [6.07, 6.45) is 0. The van der Waals surface area contributed by atoms with Crippen molar-refractivity contribution in [3.8, 4) is 0 Å². The molecule has 1 amide bonds. The minimum absolute atomic E-state index is 0.376. The van der Waals surface area contributed by atoms with Gasteiger partial charge in [-0.2, -0.15) is 0 Å². The topological polar surface area (TPSA) is 55.1 Å². The molecule has 0 aliphatic carbocycles. The van der Waals surface area contributed by atoms with Gasteiger partial charge in [0.2, 0.25) is 5.91 Å². The molecule has 0 heterocycles. The summed E-state index contributed by atoms with van der Waals surface area (Å²) in [5.74, 6) is -0.905. The lowest BCUT2D eigenvalue weighted by molar-refractivity contribution is -0.118. The van der Waals surface area contributed by atoms with Crippen LogP contribution in [0.15, 0.2) is 46.9 Å². The summed E-state index contributed by atoms with van der Waals surface area (Å²) in [6, 6.07) is 11.0. The van der Waals surface area contributed by atoms with Gasteiger partial charge in [0, 0.05) is 10.2 Å². The zero-order valence-corrected chi connectivity index (χ0v) is 12.4. The lowest BCUT2D eigenvalue weighted by Gasteiger charge is -2.18. The Balaban J connectivity index is 2.31. The summed E-state index contributed by atoms with van der Waals surface area (Å²) in [7, 11) is 0. The highest BCUT2D eigenvalue weighted by atomic mass is 79.9. The Bertz CT molecular complexity index is 628. The lowest BCUT2D eigenvalue weighted by Crippen LogP contribution is -2.28. The maximum Gasteiger partial charge on any atom is 0.244 e. The first-order valence-corrected chi connectivity index (χ1v) is 6.84. The van der Waals surface area contributed by atoms with Crippen LogP contribution in [0.25, 0.3) is 0 Å². The van der Waals surface area contributed by atoms with Gasteiger partial charge in [0.25, 0.3) is 0 Å². The van der Waals surface area contributed by atoms with Gasteiger partial charge in [-0.25, -0.2) is 4.39 Å². The molecule has 0 bridgehead atoms. The quantitative estimate of drug-likeness (QED) is 0.897. The predicted molar refractivity (Wildman–Crippen MR) is 80.8 cm³/mol. The molecule has 0 saturated carbocycles. The molecule has 1 atom stereocenters. The van der Waals surface area contributed by atoms with Crippen molar-refractivity contribution in [2.75, 3.05) is 5.32 Å². The Morgan fingerprint density at radius 3 is 2.45 bits per heavy atom. The normalized spacial score (nSPS) is 11.9. The van der Waals surface area contributed by atoms with Crippen LogP contribution in [-0.2, 0) is 4.79 Å². The van der Waals surface area contributed by atoms with Gasteiger partial charge in [0.05, 0.1) is 0 Å². The Labute approximate surface area is 125 Å². The first-order chi connectivity index (χ1) is 9.47. The number of anilines is 1. The smallest absolute Gasteiger partial charge is 0.244 e. The van der Waals surface area contributed by atoms with E-state index in [0.29, 0.717) is 10.0 Å². The monoisotopic (exact) mass is 336 g/mol. The number of rotatable bonds is 4. The van der Waals surface area contributed by atoms with Crippen molar-refractivity contribution in [3.05, 3.63) is 63.9 Å². The molecule has 0 aliphatic rings. The van der Waals surface area contributed by atoms with E-state index in [1.807, 2.05) is 31.2 Å². The van der Waals surface area contributed by atoms with E-state index in [4.69, 9.17) is 5.73 Å². The Morgan fingerprint density at radius 1 is 1.25 bits per heavy atom. The number of primary amides is 1. The third-order valence-corrected chi connectivity index (χ3v) is 3.61. The molecule has 0 fully saturated rings. The van der Waals surface area contributed by atoms with Crippen LogP contribution in [0.2, 0.25) is 0 Å². The number of hydrogen-bond donors (Lipinski definition) is 2. The molecule has 0 saturated heterocycles. The molecular formula is C15H14BrFN2O. The summed E-state index contributed by atoms with van der Waals surface area (Å²) in [6.45, 7) is 1.98. The van der Waals surface area contributed by atoms with Gasteiger partial charge in [-0.3, -0.25) is 4.79 Å². The number of nitrogens with two attached hydrogens (primary N) is 1. The van der Waals surface area contributed by atoms with E-state index >= 15 is 0 Å². The summed E-state index contributed by atoms with van der Waals surface area (Å²) >= 11 is 3.25. The molecule has 2 rings (SSSR count). The number of hydrogen-bond acceptors (Lipinski definition) is 2. The van der Waals surface area contributed by atoms with Gasteiger partial charge in [0.1, 0.15) is 11.9 Å². The van der Waals surface area contributed by atoms with Crippen molar-refractivity contribution in [2.24, 2.45) is 5.73 Å². The number of benzene rings is 2. The van der Waals surface area contributed by atoms with E-state index in [1.54, 1.807) is 0 Å². The molecule has 2 aromatic carbocycles. The molecule has 5 heteroatoms. The van der Waals surface area contributed by atoms with Crippen LogP contribution in [0.5, 0.6) is 0 Å². The molecular weight excluding hydrogens is 323 g/mol. The number of carbonyl (C=O) groups excluding carboxylic acids is 1. The molecule has 3 nitrogen and oxygen atoms in total. The summed E-state index contributed by atoms with van der Waals surface area (Å²) in [4.78, 5) is 11.7. The maximum atomic E-state index is 13.1. The van der Waals surface area contributed by atoms with Gasteiger partial charge >= 0.3 is 0 Å². The van der Waals surface area contributed by atoms with E-state index in [2.05, 4.69) is 21.2 Å².